The first kappa shape index (κ1) is 15.4. The summed E-state index contributed by atoms with van der Waals surface area (Å²) in [7, 11) is 0. The second kappa shape index (κ2) is 7.13. The minimum atomic E-state index is -0.869. The van der Waals surface area contributed by atoms with Crippen LogP contribution in [0.25, 0.3) is 0 Å². The molecule has 0 saturated heterocycles. The molecule has 0 atom stereocenters. The fourth-order valence-electron chi connectivity index (χ4n) is 1.89. The molecule has 0 radical (unpaired) electrons. The van der Waals surface area contributed by atoms with Gasteiger partial charge in [0, 0.05) is 12.2 Å². The van der Waals surface area contributed by atoms with Crippen molar-refractivity contribution < 1.29 is 13.5 Å². The lowest BCUT2D eigenvalue weighted by Crippen LogP contribution is -2.14. The Hall–Kier alpha value is -2.01. The van der Waals surface area contributed by atoms with E-state index in [1.807, 2.05) is 26.0 Å². The van der Waals surface area contributed by atoms with Gasteiger partial charge < -0.3 is 10.1 Å². The highest BCUT2D eigenvalue weighted by molar-refractivity contribution is 5.30. The molecule has 112 valence electrons. The molecular weight excluding hydrogens is 274 g/mol. The maximum absolute atomic E-state index is 13.2. The van der Waals surface area contributed by atoms with Gasteiger partial charge in [0.2, 0.25) is 0 Å². The van der Waals surface area contributed by atoms with Crippen LogP contribution in [-0.4, -0.2) is 11.5 Å². The van der Waals surface area contributed by atoms with E-state index < -0.39 is 11.6 Å². The number of halogens is 2. The van der Waals surface area contributed by atoms with E-state index in [4.69, 9.17) is 4.74 Å². The highest BCUT2D eigenvalue weighted by atomic mass is 19.2. The van der Waals surface area contributed by atoms with Crippen molar-refractivity contribution in [3.05, 3.63) is 58.9 Å². The number of hydrogen-bond donors (Lipinski definition) is 1. The number of rotatable bonds is 6. The summed E-state index contributed by atoms with van der Waals surface area (Å²) in [6.07, 6.45) is 0. The van der Waals surface area contributed by atoms with Crippen molar-refractivity contribution in [2.75, 3.05) is 6.54 Å². The third kappa shape index (κ3) is 4.23. The number of benzene rings is 1. The Morgan fingerprint density at radius 1 is 1.14 bits per heavy atom. The quantitative estimate of drug-likeness (QED) is 0.886. The van der Waals surface area contributed by atoms with Crippen LogP contribution in [0.4, 0.5) is 8.78 Å². The molecule has 0 fully saturated rings. The van der Waals surface area contributed by atoms with E-state index in [0.717, 1.165) is 30.1 Å². The van der Waals surface area contributed by atoms with E-state index >= 15 is 0 Å². The average molecular weight is 292 g/mol. The van der Waals surface area contributed by atoms with Gasteiger partial charge in [-0.15, -0.1) is 0 Å². The molecule has 1 aromatic carbocycles. The van der Waals surface area contributed by atoms with Crippen molar-refractivity contribution in [1.82, 2.24) is 10.3 Å². The smallest absolute Gasteiger partial charge is 0.159 e. The van der Waals surface area contributed by atoms with Crippen LogP contribution < -0.4 is 10.1 Å². The lowest BCUT2D eigenvalue weighted by molar-refractivity contribution is 0.299. The van der Waals surface area contributed by atoms with Gasteiger partial charge in [0.05, 0.1) is 5.69 Å². The second-order valence-electron chi connectivity index (χ2n) is 4.71. The molecule has 1 aromatic heterocycles. The standard InChI is InChI=1S/C16H18F2N2O/c1-3-19-9-15-16(7-4-11(2)20-15)21-10-12-5-6-13(17)14(18)8-12/h4-8,19H,3,9-10H2,1-2H3. The maximum Gasteiger partial charge on any atom is 0.159 e. The van der Waals surface area contributed by atoms with Crippen LogP contribution in [0.15, 0.2) is 30.3 Å². The Bertz CT molecular complexity index is 617. The van der Waals surface area contributed by atoms with Gasteiger partial charge in [-0.3, -0.25) is 4.98 Å². The van der Waals surface area contributed by atoms with Crippen LogP contribution in [0.1, 0.15) is 23.9 Å². The molecule has 0 unspecified atom stereocenters. The molecule has 0 spiro atoms. The Morgan fingerprint density at radius 2 is 1.95 bits per heavy atom. The number of aromatic nitrogens is 1. The van der Waals surface area contributed by atoms with Gasteiger partial charge in [-0.05, 0) is 43.3 Å². The SMILES string of the molecule is CCNCc1nc(C)ccc1OCc1ccc(F)c(F)c1. The van der Waals surface area contributed by atoms with E-state index in [1.165, 1.54) is 6.07 Å². The van der Waals surface area contributed by atoms with Gasteiger partial charge in [0.25, 0.3) is 0 Å². The van der Waals surface area contributed by atoms with E-state index in [1.54, 1.807) is 0 Å². The number of nitrogens with zero attached hydrogens (tertiary/aromatic N) is 1. The second-order valence-corrected chi connectivity index (χ2v) is 4.71. The molecule has 0 aliphatic carbocycles. The van der Waals surface area contributed by atoms with E-state index in [2.05, 4.69) is 10.3 Å². The van der Waals surface area contributed by atoms with E-state index in [0.29, 0.717) is 17.9 Å². The van der Waals surface area contributed by atoms with Gasteiger partial charge in [-0.25, -0.2) is 8.78 Å². The van der Waals surface area contributed by atoms with Gasteiger partial charge in [-0.1, -0.05) is 13.0 Å². The van der Waals surface area contributed by atoms with Gasteiger partial charge >= 0.3 is 0 Å². The Balaban J connectivity index is 2.09. The van der Waals surface area contributed by atoms with Crippen LogP contribution in [0.5, 0.6) is 5.75 Å². The molecule has 5 heteroatoms. The van der Waals surface area contributed by atoms with Crippen molar-refractivity contribution in [2.24, 2.45) is 0 Å². The number of pyridine rings is 1. The monoisotopic (exact) mass is 292 g/mol. The largest absolute Gasteiger partial charge is 0.487 e. The van der Waals surface area contributed by atoms with E-state index in [9.17, 15) is 8.78 Å². The summed E-state index contributed by atoms with van der Waals surface area (Å²) in [5, 5.41) is 3.19. The summed E-state index contributed by atoms with van der Waals surface area (Å²) >= 11 is 0. The predicted octanol–water partition coefficient (Wildman–Crippen LogP) is 3.36. The third-order valence-electron chi connectivity index (χ3n) is 2.99. The molecular formula is C16H18F2N2O. The molecule has 21 heavy (non-hydrogen) atoms. The van der Waals surface area contributed by atoms with Gasteiger partial charge in [0.1, 0.15) is 12.4 Å². The zero-order chi connectivity index (χ0) is 15.2. The summed E-state index contributed by atoms with van der Waals surface area (Å²) in [6, 6.07) is 7.44. The number of nitrogens with one attached hydrogen (secondary N) is 1. The predicted molar refractivity (Wildman–Crippen MR) is 77.0 cm³/mol. The summed E-state index contributed by atoms with van der Waals surface area (Å²) in [5.74, 6) is -1.08. The lowest BCUT2D eigenvalue weighted by Gasteiger charge is -2.12. The summed E-state index contributed by atoms with van der Waals surface area (Å²) in [4.78, 5) is 4.43. The fourth-order valence-corrected chi connectivity index (χ4v) is 1.89. The van der Waals surface area contributed by atoms with E-state index in [-0.39, 0.29) is 6.61 Å². The van der Waals surface area contributed by atoms with Crippen molar-refractivity contribution in [1.29, 1.82) is 0 Å². The molecule has 1 N–H and O–H groups in total. The van der Waals surface area contributed by atoms with Gasteiger partial charge in [0.15, 0.2) is 11.6 Å². The first-order valence-electron chi connectivity index (χ1n) is 6.84. The highest BCUT2D eigenvalue weighted by Crippen LogP contribution is 2.19. The minimum Gasteiger partial charge on any atom is -0.487 e. The molecule has 2 aromatic rings. The number of aryl methyl sites for hydroxylation is 1. The fraction of sp³-hybridized carbons (Fsp3) is 0.312. The molecule has 0 bridgehead atoms. The molecule has 0 saturated carbocycles. The average Bonchev–Trinajstić information content (AvgIpc) is 2.47. The van der Waals surface area contributed by atoms with Crippen LogP contribution >= 0.6 is 0 Å². The zero-order valence-corrected chi connectivity index (χ0v) is 12.1. The molecule has 3 nitrogen and oxygen atoms in total. The molecule has 0 aliphatic rings. The summed E-state index contributed by atoms with van der Waals surface area (Å²) < 4.78 is 31.7. The summed E-state index contributed by atoms with van der Waals surface area (Å²) in [5.41, 5.74) is 2.28. The Morgan fingerprint density at radius 3 is 2.67 bits per heavy atom. The van der Waals surface area contributed by atoms with Crippen LogP contribution in [0.3, 0.4) is 0 Å². The number of hydrogen-bond acceptors (Lipinski definition) is 3. The Kier molecular flexibility index (Phi) is 5.22. The van der Waals surface area contributed by atoms with Crippen molar-refractivity contribution in [2.45, 2.75) is 27.0 Å². The zero-order valence-electron chi connectivity index (χ0n) is 12.1. The van der Waals surface area contributed by atoms with Gasteiger partial charge in [-0.2, -0.15) is 0 Å². The maximum atomic E-state index is 13.2. The first-order chi connectivity index (χ1) is 10.1. The molecule has 0 aliphatic heterocycles. The Labute approximate surface area is 123 Å². The summed E-state index contributed by atoms with van der Waals surface area (Å²) in [6.45, 7) is 5.52. The van der Waals surface area contributed by atoms with Crippen molar-refractivity contribution >= 4 is 0 Å². The highest BCUT2D eigenvalue weighted by Gasteiger charge is 2.07. The molecule has 2 rings (SSSR count). The molecule has 0 amide bonds. The van der Waals surface area contributed by atoms with Crippen LogP contribution in [0, 0.1) is 18.6 Å². The lowest BCUT2D eigenvalue weighted by atomic mass is 10.2. The van der Waals surface area contributed by atoms with Crippen LogP contribution in [-0.2, 0) is 13.2 Å². The topological polar surface area (TPSA) is 34.2 Å². The van der Waals surface area contributed by atoms with Crippen molar-refractivity contribution in [3.63, 3.8) is 0 Å². The van der Waals surface area contributed by atoms with Crippen LogP contribution in [0.2, 0.25) is 0 Å². The minimum absolute atomic E-state index is 0.168. The first-order valence-corrected chi connectivity index (χ1v) is 6.84. The normalized spacial score (nSPS) is 10.7. The molecule has 1 heterocycles. The number of ether oxygens (including phenoxy) is 1. The van der Waals surface area contributed by atoms with Crippen molar-refractivity contribution in [3.8, 4) is 5.75 Å². The third-order valence-corrected chi connectivity index (χ3v) is 2.99.